The van der Waals surface area contributed by atoms with Crippen LogP contribution in [0.4, 0.5) is 0 Å². The standard InChI is InChI=1S/C10H23NO2S/c1-5-6-7-9(2)11-10(3)8-14(4,12)13/h9-11H,5-8H2,1-4H3. The maximum absolute atomic E-state index is 11.0. The number of hydrogen-bond acceptors (Lipinski definition) is 3. The second kappa shape index (κ2) is 6.40. The number of rotatable bonds is 7. The van der Waals surface area contributed by atoms with E-state index in [1.54, 1.807) is 0 Å². The third-order valence-corrected chi connectivity index (χ3v) is 3.22. The lowest BCUT2D eigenvalue weighted by Gasteiger charge is -2.18. The van der Waals surface area contributed by atoms with Crippen LogP contribution in [0.5, 0.6) is 0 Å². The van der Waals surface area contributed by atoms with Gasteiger partial charge >= 0.3 is 0 Å². The molecule has 14 heavy (non-hydrogen) atoms. The summed E-state index contributed by atoms with van der Waals surface area (Å²) < 4.78 is 22.0. The topological polar surface area (TPSA) is 46.2 Å². The fraction of sp³-hybridized carbons (Fsp3) is 1.00. The van der Waals surface area contributed by atoms with Crippen molar-refractivity contribution in [1.82, 2.24) is 5.32 Å². The van der Waals surface area contributed by atoms with E-state index in [4.69, 9.17) is 0 Å². The Balaban J connectivity index is 3.76. The first kappa shape index (κ1) is 13.9. The molecule has 0 saturated heterocycles. The quantitative estimate of drug-likeness (QED) is 0.710. The van der Waals surface area contributed by atoms with E-state index in [1.165, 1.54) is 19.1 Å². The summed E-state index contributed by atoms with van der Waals surface area (Å²) in [6, 6.07) is 0.462. The van der Waals surface area contributed by atoms with Gasteiger partial charge in [0.15, 0.2) is 0 Å². The third-order valence-electron chi connectivity index (χ3n) is 2.11. The molecule has 3 nitrogen and oxygen atoms in total. The first-order chi connectivity index (χ1) is 6.35. The molecule has 86 valence electrons. The highest BCUT2D eigenvalue weighted by Crippen LogP contribution is 2.01. The zero-order valence-corrected chi connectivity index (χ0v) is 10.5. The van der Waals surface area contributed by atoms with Crippen LogP contribution >= 0.6 is 0 Å². The predicted octanol–water partition coefficient (Wildman–Crippen LogP) is 1.59. The number of nitrogens with one attached hydrogen (secondary N) is 1. The second-order valence-electron chi connectivity index (χ2n) is 4.20. The van der Waals surface area contributed by atoms with Crippen molar-refractivity contribution in [2.75, 3.05) is 12.0 Å². The minimum absolute atomic E-state index is 0.0526. The van der Waals surface area contributed by atoms with E-state index >= 15 is 0 Å². The van der Waals surface area contributed by atoms with Gasteiger partial charge in [0, 0.05) is 18.3 Å². The van der Waals surface area contributed by atoms with Crippen LogP contribution in [0.3, 0.4) is 0 Å². The lowest BCUT2D eigenvalue weighted by atomic mass is 10.1. The van der Waals surface area contributed by atoms with Crippen LogP contribution in [-0.4, -0.2) is 32.5 Å². The van der Waals surface area contributed by atoms with Crippen molar-refractivity contribution in [3.8, 4) is 0 Å². The van der Waals surface area contributed by atoms with Crippen LogP contribution < -0.4 is 5.32 Å². The van der Waals surface area contributed by atoms with Crippen LogP contribution in [0.1, 0.15) is 40.0 Å². The molecule has 0 aliphatic rings. The molecule has 0 bridgehead atoms. The first-order valence-electron chi connectivity index (χ1n) is 5.29. The lowest BCUT2D eigenvalue weighted by molar-refractivity contribution is 0.452. The molecule has 0 rings (SSSR count). The molecule has 0 heterocycles. The summed E-state index contributed by atoms with van der Waals surface area (Å²) in [5, 5.41) is 3.29. The van der Waals surface area contributed by atoms with E-state index in [2.05, 4.69) is 19.2 Å². The van der Waals surface area contributed by atoms with Gasteiger partial charge in [-0.25, -0.2) is 8.42 Å². The van der Waals surface area contributed by atoms with Gasteiger partial charge in [-0.15, -0.1) is 0 Å². The summed E-state index contributed by atoms with van der Waals surface area (Å²) in [6.07, 6.45) is 4.78. The van der Waals surface area contributed by atoms with E-state index in [0.717, 1.165) is 6.42 Å². The normalized spacial score (nSPS) is 16.6. The minimum Gasteiger partial charge on any atom is -0.311 e. The first-order valence-corrected chi connectivity index (χ1v) is 7.35. The van der Waals surface area contributed by atoms with E-state index < -0.39 is 9.84 Å². The van der Waals surface area contributed by atoms with Crippen molar-refractivity contribution in [2.24, 2.45) is 0 Å². The minimum atomic E-state index is -2.85. The van der Waals surface area contributed by atoms with Crippen LogP contribution in [0.2, 0.25) is 0 Å². The van der Waals surface area contributed by atoms with E-state index in [1.807, 2.05) is 6.92 Å². The fourth-order valence-electron chi connectivity index (χ4n) is 1.58. The molecule has 0 aliphatic carbocycles. The van der Waals surface area contributed by atoms with E-state index in [-0.39, 0.29) is 11.8 Å². The zero-order chi connectivity index (χ0) is 11.2. The Hall–Kier alpha value is -0.0900. The van der Waals surface area contributed by atoms with Gasteiger partial charge in [0.2, 0.25) is 0 Å². The van der Waals surface area contributed by atoms with E-state index in [9.17, 15) is 8.42 Å². The maximum Gasteiger partial charge on any atom is 0.148 e. The van der Waals surface area contributed by atoms with Crippen LogP contribution in [0.25, 0.3) is 0 Å². The molecule has 0 aliphatic heterocycles. The van der Waals surface area contributed by atoms with Crippen LogP contribution in [-0.2, 0) is 9.84 Å². The molecule has 2 atom stereocenters. The predicted molar refractivity (Wildman–Crippen MR) is 61.3 cm³/mol. The van der Waals surface area contributed by atoms with Crippen molar-refractivity contribution in [3.63, 3.8) is 0 Å². The number of sulfone groups is 1. The van der Waals surface area contributed by atoms with Crippen molar-refractivity contribution in [1.29, 1.82) is 0 Å². The summed E-state index contributed by atoms with van der Waals surface area (Å²) in [5.74, 6) is 0.226. The Kier molecular flexibility index (Phi) is 6.36. The lowest BCUT2D eigenvalue weighted by Crippen LogP contribution is -2.38. The Morgan fingerprint density at radius 1 is 1.21 bits per heavy atom. The van der Waals surface area contributed by atoms with Gasteiger partial charge in [-0.2, -0.15) is 0 Å². The highest BCUT2D eigenvalue weighted by molar-refractivity contribution is 7.90. The van der Waals surface area contributed by atoms with Gasteiger partial charge in [-0.3, -0.25) is 0 Å². The summed E-state index contributed by atoms with van der Waals surface area (Å²) >= 11 is 0. The Labute approximate surface area is 88.2 Å². The maximum atomic E-state index is 11.0. The average Bonchev–Trinajstić information content (AvgIpc) is 1.96. The van der Waals surface area contributed by atoms with Gasteiger partial charge in [0.1, 0.15) is 9.84 Å². The van der Waals surface area contributed by atoms with E-state index in [0.29, 0.717) is 6.04 Å². The van der Waals surface area contributed by atoms with Gasteiger partial charge in [-0.1, -0.05) is 19.8 Å². The summed E-state index contributed by atoms with van der Waals surface area (Å²) in [5.41, 5.74) is 0. The second-order valence-corrected chi connectivity index (χ2v) is 6.39. The summed E-state index contributed by atoms with van der Waals surface area (Å²) in [7, 11) is -2.85. The van der Waals surface area contributed by atoms with Crippen molar-refractivity contribution in [2.45, 2.75) is 52.1 Å². The summed E-state index contributed by atoms with van der Waals surface area (Å²) in [6.45, 7) is 6.19. The number of hydrogen-bond donors (Lipinski definition) is 1. The smallest absolute Gasteiger partial charge is 0.148 e. The Morgan fingerprint density at radius 3 is 2.21 bits per heavy atom. The molecule has 0 saturated carbocycles. The molecule has 0 aromatic carbocycles. The van der Waals surface area contributed by atoms with Gasteiger partial charge in [0.25, 0.3) is 0 Å². The van der Waals surface area contributed by atoms with Crippen molar-refractivity contribution < 1.29 is 8.42 Å². The largest absolute Gasteiger partial charge is 0.311 e. The molecule has 2 unspecified atom stereocenters. The molecule has 0 spiro atoms. The molecular weight excluding hydrogens is 198 g/mol. The number of unbranched alkanes of at least 4 members (excludes halogenated alkanes) is 1. The average molecular weight is 221 g/mol. The molecule has 0 aromatic rings. The molecule has 0 aromatic heterocycles. The van der Waals surface area contributed by atoms with Crippen molar-refractivity contribution >= 4 is 9.84 Å². The van der Waals surface area contributed by atoms with Crippen LogP contribution in [0, 0.1) is 0 Å². The molecule has 1 N–H and O–H groups in total. The Bertz CT molecular complexity index is 237. The highest BCUT2D eigenvalue weighted by Gasteiger charge is 2.12. The molecular formula is C10H23NO2S. The van der Waals surface area contributed by atoms with Gasteiger partial charge in [0.05, 0.1) is 5.75 Å². The third kappa shape index (κ3) is 8.51. The molecule has 0 amide bonds. The fourth-order valence-corrected chi connectivity index (χ4v) is 2.59. The highest BCUT2D eigenvalue weighted by atomic mass is 32.2. The van der Waals surface area contributed by atoms with Crippen LogP contribution in [0.15, 0.2) is 0 Å². The Morgan fingerprint density at radius 2 is 1.79 bits per heavy atom. The molecule has 0 fully saturated rings. The molecule has 0 radical (unpaired) electrons. The van der Waals surface area contributed by atoms with Gasteiger partial charge in [-0.05, 0) is 20.3 Å². The zero-order valence-electron chi connectivity index (χ0n) is 9.71. The van der Waals surface area contributed by atoms with Crippen molar-refractivity contribution in [3.05, 3.63) is 0 Å². The van der Waals surface area contributed by atoms with Gasteiger partial charge < -0.3 is 5.32 Å². The monoisotopic (exact) mass is 221 g/mol. The summed E-state index contributed by atoms with van der Waals surface area (Å²) in [4.78, 5) is 0. The molecule has 4 heteroatoms. The SMILES string of the molecule is CCCCC(C)NC(C)CS(C)(=O)=O.